The van der Waals surface area contributed by atoms with Crippen LogP contribution in [0.15, 0.2) is 35.1 Å². The van der Waals surface area contributed by atoms with Crippen LogP contribution in [0.5, 0.6) is 0 Å². The van der Waals surface area contributed by atoms with E-state index in [0.717, 1.165) is 42.4 Å². The van der Waals surface area contributed by atoms with Crippen molar-refractivity contribution in [1.82, 2.24) is 20.2 Å². The van der Waals surface area contributed by atoms with Crippen LogP contribution in [0.3, 0.4) is 0 Å². The average Bonchev–Trinajstić information content (AvgIpc) is 3.15. The number of amides is 1. The summed E-state index contributed by atoms with van der Waals surface area (Å²) >= 11 is 3.51. The van der Waals surface area contributed by atoms with Crippen LogP contribution in [0.25, 0.3) is 0 Å². The highest BCUT2D eigenvalue weighted by Crippen LogP contribution is 2.39. The number of aromatic nitrogens is 2. The molecule has 1 N–H and O–H groups in total. The van der Waals surface area contributed by atoms with Crippen molar-refractivity contribution in [3.05, 3.63) is 57.6 Å². The lowest BCUT2D eigenvalue weighted by Crippen LogP contribution is -2.46. The summed E-state index contributed by atoms with van der Waals surface area (Å²) < 4.78 is 1.03. The van der Waals surface area contributed by atoms with Crippen molar-refractivity contribution in [3.63, 3.8) is 0 Å². The summed E-state index contributed by atoms with van der Waals surface area (Å²) in [6, 6.07) is 8.18. The van der Waals surface area contributed by atoms with E-state index in [4.69, 9.17) is 4.98 Å². The summed E-state index contributed by atoms with van der Waals surface area (Å²) in [5, 5.41) is 3.55. The number of benzene rings is 1. The van der Waals surface area contributed by atoms with E-state index in [2.05, 4.69) is 71.0 Å². The molecule has 1 saturated heterocycles. The number of nitrogens with one attached hydrogen (secondary N) is 1. The summed E-state index contributed by atoms with van der Waals surface area (Å²) in [5.41, 5.74) is 4.90. The first-order chi connectivity index (χ1) is 15.2. The maximum Gasteiger partial charge on any atom is 0.231 e. The topological polar surface area (TPSA) is 58.1 Å². The highest BCUT2D eigenvalue weighted by atomic mass is 79.9. The van der Waals surface area contributed by atoms with Gasteiger partial charge in [-0.3, -0.25) is 4.79 Å². The second kappa shape index (κ2) is 9.60. The number of fused-ring (bicyclic) bond motifs is 1. The molecule has 2 heterocycles. The van der Waals surface area contributed by atoms with Crippen molar-refractivity contribution < 1.29 is 4.79 Å². The molecule has 0 bridgehead atoms. The largest absolute Gasteiger partial charge is 0.342 e. The predicted octanol–water partition coefficient (Wildman–Crippen LogP) is 5.17. The van der Waals surface area contributed by atoms with Gasteiger partial charge in [0.15, 0.2) is 0 Å². The van der Waals surface area contributed by atoms with Crippen LogP contribution in [-0.2, 0) is 11.2 Å². The molecule has 0 radical (unpaired) electrons. The Kier molecular flexibility index (Phi) is 7.01. The zero-order valence-electron chi connectivity index (χ0n) is 19.7. The zero-order chi connectivity index (χ0) is 22.9. The number of rotatable bonds is 5. The molecule has 1 aromatic heterocycles. The molecule has 6 heteroatoms. The summed E-state index contributed by atoms with van der Waals surface area (Å²) in [6.07, 6.45) is 5.93. The summed E-state index contributed by atoms with van der Waals surface area (Å²) in [5.74, 6) is 1.02. The van der Waals surface area contributed by atoms with Crippen molar-refractivity contribution in [3.8, 4) is 0 Å². The number of halogens is 1. The molecule has 2 aromatic rings. The number of carbonyl (C=O) groups excluding carboxylic acids is 1. The molecule has 0 unspecified atom stereocenters. The molecule has 1 aromatic carbocycles. The first-order valence-corrected chi connectivity index (χ1v) is 12.6. The van der Waals surface area contributed by atoms with E-state index < -0.39 is 0 Å². The van der Waals surface area contributed by atoms with Gasteiger partial charge in [0.1, 0.15) is 6.33 Å². The molecule has 172 valence electrons. The molecule has 1 fully saturated rings. The van der Waals surface area contributed by atoms with Crippen LogP contribution in [0.1, 0.15) is 87.2 Å². The van der Waals surface area contributed by atoms with Crippen molar-refractivity contribution in [1.29, 1.82) is 0 Å². The van der Waals surface area contributed by atoms with Gasteiger partial charge in [-0.15, -0.1) is 0 Å². The lowest BCUT2D eigenvalue weighted by atomic mass is 9.87. The van der Waals surface area contributed by atoms with Gasteiger partial charge in [-0.2, -0.15) is 0 Å². The minimum absolute atomic E-state index is 0.0367. The Hall–Kier alpha value is -1.79. The van der Waals surface area contributed by atoms with E-state index in [9.17, 15) is 4.79 Å². The summed E-state index contributed by atoms with van der Waals surface area (Å²) in [6.45, 7) is 10.9. The number of piperidine rings is 1. The monoisotopic (exact) mass is 498 g/mol. The molecule has 32 heavy (non-hydrogen) atoms. The number of aryl methyl sites for hydroxylation is 1. The van der Waals surface area contributed by atoms with E-state index in [1.54, 1.807) is 6.33 Å². The van der Waals surface area contributed by atoms with Gasteiger partial charge in [-0.05, 0) is 75.6 Å². The SMILES string of the molecule is C[C@@H]1CCc2ncnc(C3CCN(C(=O)[C@H](CNC(C)(C)C)c4ccc(Br)cc4)CC3)c21. The molecule has 1 aliphatic carbocycles. The summed E-state index contributed by atoms with van der Waals surface area (Å²) in [4.78, 5) is 24.9. The van der Waals surface area contributed by atoms with Gasteiger partial charge in [0.2, 0.25) is 5.91 Å². The Morgan fingerprint density at radius 1 is 1.16 bits per heavy atom. The van der Waals surface area contributed by atoms with Gasteiger partial charge >= 0.3 is 0 Å². The number of hydrogen-bond donors (Lipinski definition) is 1. The maximum atomic E-state index is 13.6. The van der Waals surface area contributed by atoms with Gasteiger partial charge in [0, 0.05) is 41.3 Å². The van der Waals surface area contributed by atoms with E-state index in [-0.39, 0.29) is 17.4 Å². The number of likely N-dealkylation sites (tertiary alicyclic amines) is 1. The van der Waals surface area contributed by atoms with E-state index in [1.807, 2.05) is 12.1 Å². The Morgan fingerprint density at radius 3 is 2.50 bits per heavy atom. The number of carbonyl (C=O) groups is 1. The fourth-order valence-corrected chi connectivity index (χ4v) is 5.32. The molecule has 5 nitrogen and oxygen atoms in total. The smallest absolute Gasteiger partial charge is 0.231 e. The molecule has 1 aliphatic heterocycles. The Balaban J connectivity index is 1.47. The Labute approximate surface area is 200 Å². The quantitative estimate of drug-likeness (QED) is 0.617. The molecular weight excluding hydrogens is 464 g/mol. The Morgan fingerprint density at radius 2 is 1.84 bits per heavy atom. The molecule has 4 rings (SSSR count). The van der Waals surface area contributed by atoms with Crippen molar-refractivity contribution >= 4 is 21.8 Å². The van der Waals surface area contributed by atoms with Gasteiger partial charge in [-0.25, -0.2) is 9.97 Å². The van der Waals surface area contributed by atoms with Gasteiger partial charge < -0.3 is 10.2 Å². The highest BCUT2D eigenvalue weighted by molar-refractivity contribution is 9.10. The third-order valence-electron chi connectivity index (χ3n) is 6.90. The minimum atomic E-state index is -0.179. The number of hydrogen-bond acceptors (Lipinski definition) is 4. The van der Waals surface area contributed by atoms with Crippen LogP contribution in [0.4, 0.5) is 0 Å². The predicted molar refractivity (Wildman–Crippen MR) is 132 cm³/mol. The zero-order valence-corrected chi connectivity index (χ0v) is 21.3. The first kappa shape index (κ1) is 23.4. The Bertz CT molecular complexity index is 945. The third kappa shape index (κ3) is 5.23. The van der Waals surface area contributed by atoms with E-state index in [0.29, 0.717) is 18.4 Å². The van der Waals surface area contributed by atoms with Crippen molar-refractivity contribution in [2.45, 2.75) is 76.7 Å². The normalized spacial score (nSPS) is 20.3. The second-order valence-electron chi connectivity index (χ2n) is 10.4. The highest BCUT2D eigenvalue weighted by Gasteiger charge is 2.33. The summed E-state index contributed by atoms with van der Waals surface area (Å²) in [7, 11) is 0. The van der Waals surface area contributed by atoms with Crippen LogP contribution >= 0.6 is 15.9 Å². The molecule has 1 amide bonds. The van der Waals surface area contributed by atoms with Crippen molar-refractivity contribution in [2.24, 2.45) is 0 Å². The molecular formula is C26H35BrN4O. The van der Waals surface area contributed by atoms with Gasteiger partial charge in [0.05, 0.1) is 11.6 Å². The number of nitrogens with zero attached hydrogens (tertiary/aromatic N) is 3. The average molecular weight is 499 g/mol. The van der Waals surface area contributed by atoms with Crippen LogP contribution in [0.2, 0.25) is 0 Å². The molecule has 0 spiro atoms. The van der Waals surface area contributed by atoms with Crippen LogP contribution in [-0.4, -0.2) is 45.9 Å². The maximum absolute atomic E-state index is 13.6. The lowest BCUT2D eigenvalue weighted by Gasteiger charge is -2.35. The van der Waals surface area contributed by atoms with E-state index in [1.165, 1.54) is 23.4 Å². The first-order valence-electron chi connectivity index (χ1n) is 11.9. The standard InChI is InChI=1S/C26H35BrN4O/c1-17-5-10-22-23(17)24(29-16-28-22)19-11-13-31(14-12-19)25(32)21(15-30-26(2,3)4)18-6-8-20(27)9-7-18/h6-9,16-17,19,21,30H,5,10-15H2,1-4H3/t17-,21-/m1/s1. The van der Waals surface area contributed by atoms with Crippen molar-refractivity contribution in [2.75, 3.05) is 19.6 Å². The lowest BCUT2D eigenvalue weighted by molar-refractivity contribution is -0.133. The van der Waals surface area contributed by atoms with Gasteiger partial charge in [0.25, 0.3) is 0 Å². The van der Waals surface area contributed by atoms with Gasteiger partial charge in [-0.1, -0.05) is 35.0 Å². The molecule has 0 saturated carbocycles. The fraction of sp³-hybridized carbons (Fsp3) is 0.577. The fourth-order valence-electron chi connectivity index (χ4n) is 5.05. The van der Waals surface area contributed by atoms with Crippen LogP contribution < -0.4 is 5.32 Å². The third-order valence-corrected chi connectivity index (χ3v) is 7.43. The minimum Gasteiger partial charge on any atom is -0.342 e. The van der Waals surface area contributed by atoms with E-state index >= 15 is 0 Å². The second-order valence-corrected chi connectivity index (χ2v) is 11.3. The molecule has 2 aliphatic rings. The van der Waals surface area contributed by atoms with Crippen LogP contribution in [0, 0.1) is 0 Å². The molecule has 2 atom stereocenters.